The Hall–Kier alpha value is -4.27. The SMILES string of the molecule is CS(=O)(=O)c1ccc(Oc2ccc(N)cn2)cc1.CS(=O)(=O)c1ccc(Oc2ccc3nc(N)sc3n2)cc1. The molecule has 3 heterocycles. The van der Waals surface area contributed by atoms with Crippen molar-refractivity contribution in [2.75, 3.05) is 24.0 Å². The van der Waals surface area contributed by atoms with E-state index in [2.05, 4.69) is 15.0 Å². The molecule has 5 aromatic rings. The van der Waals surface area contributed by atoms with Crippen LogP contribution in [-0.2, 0) is 19.7 Å². The molecule has 4 N–H and O–H groups in total. The van der Waals surface area contributed by atoms with Crippen LogP contribution in [-0.4, -0.2) is 44.3 Å². The van der Waals surface area contributed by atoms with Crippen molar-refractivity contribution in [3.63, 3.8) is 0 Å². The summed E-state index contributed by atoms with van der Waals surface area (Å²) in [7, 11) is -6.40. The van der Waals surface area contributed by atoms with Crippen molar-refractivity contribution in [2.45, 2.75) is 9.79 Å². The molecule has 0 saturated heterocycles. The molecule has 0 aliphatic carbocycles. The lowest BCUT2D eigenvalue weighted by molar-refractivity contribution is 0.462. The molecule has 0 bridgehead atoms. The van der Waals surface area contributed by atoms with Crippen LogP contribution in [0.1, 0.15) is 0 Å². The van der Waals surface area contributed by atoms with E-state index in [0.717, 1.165) is 18.0 Å². The summed E-state index contributed by atoms with van der Waals surface area (Å²) in [6.07, 6.45) is 3.80. The van der Waals surface area contributed by atoms with Gasteiger partial charge in [0.25, 0.3) is 0 Å². The lowest BCUT2D eigenvalue weighted by Gasteiger charge is -2.05. The monoisotopic (exact) mass is 585 g/mol. The van der Waals surface area contributed by atoms with Crippen LogP contribution in [0.5, 0.6) is 23.3 Å². The third-order valence-electron chi connectivity index (χ3n) is 4.95. The number of thiazole rings is 1. The van der Waals surface area contributed by atoms with Crippen LogP contribution in [0.25, 0.3) is 10.3 Å². The molecular weight excluding hydrogens is 563 g/mol. The van der Waals surface area contributed by atoms with Gasteiger partial charge in [-0.1, -0.05) is 11.3 Å². The molecule has 0 radical (unpaired) electrons. The summed E-state index contributed by atoms with van der Waals surface area (Å²) < 4.78 is 56.3. The molecule has 3 aromatic heterocycles. The van der Waals surface area contributed by atoms with Crippen LogP contribution >= 0.6 is 11.3 Å². The number of sulfone groups is 2. The highest BCUT2D eigenvalue weighted by atomic mass is 32.2. The van der Waals surface area contributed by atoms with Gasteiger partial charge >= 0.3 is 0 Å². The Labute approximate surface area is 228 Å². The molecule has 0 saturated carbocycles. The van der Waals surface area contributed by atoms with Crippen molar-refractivity contribution in [1.29, 1.82) is 0 Å². The minimum absolute atomic E-state index is 0.244. The average molecular weight is 586 g/mol. The van der Waals surface area contributed by atoms with Crippen molar-refractivity contribution in [1.82, 2.24) is 15.0 Å². The summed E-state index contributed by atoms with van der Waals surface area (Å²) >= 11 is 1.28. The number of anilines is 2. The van der Waals surface area contributed by atoms with E-state index in [1.165, 1.54) is 41.8 Å². The number of nitrogens with zero attached hydrogens (tertiary/aromatic N) is 3. The molecule has 2 aromatic carbocycles. The summed E-state index contributed by atoms with van der Waals surface area (Å²) in [5, 5.41) is 0.451. The molecule has 0 fully saturated rings. The summed E-state index contributed by atoms with van der Waals surface area (Å²) in [4.78, 5) is 13.6. The second kappa shape index (κ2) is 11.2. The molecule has 0 aliphatic heterocycles. The molecule has 0 unspecified atom stereocenters. The van der Waals surface area contributed by atoms with E-state index < -0.39 is 19.7 Å². The van der Waals surface area contributed by atoms with Crippen LogP contribution in [0.3, 0.4) is 0 Å². The van der Waals surface area contributed by atoms with Gasteiger partial charge in [0.05, 0.1) is 21.7 Å². The van der Waals surface area contributed by atoms with Gasteiger partial charge in [-0.15, -0.1) is 0 Å². The topological polar surface area (TPSA) is 177 Å². The number of fused-ring (bicyclic) bond motifs is 1. The maximum atomic E-state index is 11.4. The van der Waals surface area contributed by atoms with Gasteiger partial charge in [-0.25, -0.2) is 31.8 Å². The Morgan fingerprint density at radius 1 is 0.667 bits per heavy atom. The van der Waals surface area contributed by atoms with Gasteiger partial charge in [-0.05, 0) is 60.7 Å². The fourth-order valence-corrected chi connectivity index (χ4v) is 5.03. The molecular formula is C25H23N5O6S3. The Kier molecular flexibility index (Phi) is 7.99. The summed E-state index contributed by atoms with van der Waals surface area (Å²) in [6, 6.07) is 19.1. The first-order valence-electron chi connectivity index (χ1n) is 11.1. The Balaban J connectivity index is 0.000000183. The van der Waals surface area contributed by atoms with Crippen LogP contribution in [0.2, 0.25) is 0 Å². The van der Waals surface area contributed by atoms with E-state index in [4.69, 9.17) is 20.9 Å². The molecule has 39 heavy (non-hydrogen) atoms. The summed E-state index contributed by atoms with van der Waals surface area (Å²) in [5.74, 6) is 1.82. The fourth-order valence-electron chi connectivity index (χ4n) is 3.08. The quantitative estimate of drug-likeness (QED) is 0.290. The van der Waals surface area contributed by atoms with Gasteiger partial charge in [0.15, 0.2) is 24.8 Å². The lowest BCUT2D eigenvalue weighted by atomic mass is 10.3. The van der Waals surface area contributed by atoms with E-state index in [1.807, 2.05) is 0 Å². The number of hydrogen-bond donors (Lipinski definition) is 2. The highest BCUT2D eigenvalue weighted by Crippen LogP contribution is 2.27. The van der Waals surface area contributed by atoms with E-state index >= 15 is 0 Å². The Morgan fingerprint density at radius 3 is 1.67 bits per heavy atom. The van der Waals surface area contributed by atoms with Crippen molar-refractivity contribution >= 4 is 52.2 Å². The lowest BCUT2D eigenvalue weighted by Crippen LogP contribution is -1.96. The molecule has 0 aliphatic rings. The van der Waals surface area contributed by atoms with Crippen LogP contribution in [0, 0.1) is 0 Å². The number of hydrogen-bond acceptors (Lipinski definition) is 12. The summed E-state index contributed by atoms with van der Waals surface area (Å²) in [6.45, 7) is 0. The maximum Gasteiger partial charge on any atom is 0.220 e. The highest BCUT2D eigenvalue weighted by molar-refractivity contribution is 7.91. The average Bonchev–Trinajstić information content (AvgIpc) is 3.25. The Bertz CT molecular complexity index is 1810. The largest absolute Gasteiger partial charge is 0.439 e. The molecule has 11 nitrogen and oxygen atoms in total. The zero-order valence-corrected chi connectivity index (χ0v) is 23.1. The normalized spacial score (nSPS) is 11.4. The fraction of sp³-hybridized carbons (Fsp3) is 0.0800. The number of nitrogen functional groups attached to an aromatic ring is 2. The number of ether oxygens (including phenoxy) is 2. The van der Waals surface area contributed by atoms with Crippen molar-refractivity contribution in [3.05, 3.63) is 79.0 Å². The van der Waals surface area contributed by atoms with E-state index in [9.17, 15) is 16.8 Å². The number of aromatic nitrogens is 3. The minimum Gasteiger partial charge on any atom is -0.439 e. The number of benzene rings is 2. The van der Waals surface area contributed by atoms with Gasteiger partial charge < -0.3 is 20.9 Å². The highest BCUT2D eigenvalue weighted by Gasteiger charge is 2.09. The summed E-state index contributed by atoms with van der Waals surface area (Å²) in [5.41, 5.74) is 12.4. The second-order valence-electron chi connectivity index (χ2n) is 8.15. The van der Waals surface area contributed by atoms with Gasteiger partial charge in [0.1, 0.15) is 21.8 Å². The smallest absolute Gasteiger partial charge is 0.220 e. The zero-order chi connectivity index (χ0) is 28.2. The van der Waals surface area contributed by atoms with Gasteiger partial charge in [-0.3, -0.25) is 0 Å². The molecule has 5 rings (SSSR count). The van der Waals surface area contributed by atoms with Gasteiger partial charge in [0, 0.05) is 24.6 Å². The number of nitrogens with two attached hydrogens (primary N) is 2. The van der Waals surface area contributed by atoms with Crippen LogP contribution < -0.4 is 20.9 Å². The predicted molar refractivity (Wildman–Crippen MR) is 150 cm³/mol. The number of rotatable bonds is 6. The van der Waals surface area contributed by atoms with Crippen molar-refractivity contribution in [3.8, 4) is 23.3 Å². The van der Waals surface area contributed by atoms with Crippen molar-refractivity contribution in [2.24, 2.45) is 0 Å². The third-order valence-corrected chi connectivity index (χ3v) is 8.01. The number of pyridine rings is 2. The molecule has 0 amide bonds. The molecule has 0 atom stereocenters. The first-order valence-corrected chi connectivity index (χ1v) is 15.7. The minimum atomic E-state index is -3.21. The maximum absolute atomic E-state index is 11.4. The van der Waals surface area contributed by atoms with Crippen LogP contribution in [0.15, 0.2) is 88.8 Å². The van der Waals surface area contributed by atoms with Crippen molar-refractivity contribution < 1.29 is 26.3 Å². The standard InChI is InChI=1S/C13H11N3O3S2.C12H12N2O3S/c1-21(17,18)9-4-2-8(3-5-9)19-11-7-6-10-12(16-11)20-13(14)15-10;1-18(15,16)11-5-3-10(4-6-11)17-12-7-2-9(13)8-14-12/h2-7H,1H3,(H2,14,15);2-8H,13H2,1H3. The first-order chi connectivity index (χ1) is 18.4. The van der Waals surface area contributed by atoms with Crippen LogP contribution in [0.4, 0.5) is 10.8 Å². The second-order valence-corrected chi connectivity index (χ2v) is 13.2. The van der Waals surface area contributed by atoms with Gasteiger partial charge in [0.2, 0.25) is 11.8 Å². The predicted octanol–water partition coefficient (Wildman–Crippen LogP) is 4.33. The first kappa shape index (κ1) is 27.8. The van der Waals surface area contributed by atoms with E-state index in [1.54, 1.807) is 48.5 Å². The molecule has 14 heteroatoms. The molecule has 202 valence electrons. The molecule has 0 spiro atoms. The zero-order valence-electron chi connectivity index (χ0n) is 20.7. The van der Waals surface area contributed by atoms with E-state index in [0.29, 0.717) is 38.9 Å². The third kappa shape index (κ3) is 7.63. The Morgan fingerprint density at radius 2 is 1.18 bits per heavy atom. The van der Waals surface area contributed by atoms with Gasteiger partial charge in [-0.2, -0.15) is 0 Å². The van der Waals surface area contributed by atoms with E-state index in [-0.39, 0.29) is 9.79 Å².